The summed E-state index contributed by atoms with van der Waals surface area (Å²) < 4.78 is 12.9. The lowest BCUT2D eigenvalue weighted by molar-refractivity contribution is -0.153. The third-order valence-corrected chi connectivity index (χ3v) is 5.08. The van der Waals surface area contributed by atoms with Gasteiger partial charge < -0.3 is 19.4 Å². The Morgan fingerprint density at radius 2 is 1.94 bits per heavy atom. The Labute approximate surface area is 185 Å². The quantitative estimate of drug-likeness (QED) is 0.365. The van der Waals surface area contributed by atoms with Gasteiger partial charge in [-0.3, -0.25) is 9.59 Å². The van der Waals surface area contributed by atoms with Crippen LogP contribution in [0.1, 0.15) is 52.0 Å². The molecule has 1 heterocycles. The molecule has 0 spiro atoms. The van der Waals surface area contributed by atoms with Crippen LogP contribution in [0.2, 0.25) is 0 Å². The second-order valence-electron chi connectivity index (χ2n) is 8.20. The lowest BCUT2D eigenvalue weighted by Gasteiger charge is -2.22. The first-order chi connectivity index (χ1) is 14.9. The van der Waals surface area contributed by atoms with E-state index in [1.165, 1.54) is 0 Å². The van der Waals surface area contributed by atoms with Gasteiger partial charge in [-0.05, 0) is 64.2 Å². The molecule has 0 saturated heterocycles. The molecule has 0 atom stereocenters. The molecule has 1 amide bonds. The minimum absolute atomic E-state index is 0.0748. The summed E-state index contributed by atoms with van der Waals surface area (Å²) >= 11 is 0. The van der Waals surface area contributed by atoms with Gasteiger partial charge in [0, 0.05) is 31.9 Å². The molecular weight excluding hydrogens is 394 g/mol. The van der Waals surface area contributed by atoms with Crippen molar-refractivity contribution in [1.82, 2.24) is 14.9 Å². The Balaban J connectivity index is 1.58. The number of carbonyl (C=O) groups is 2. The normalized spacial score (nSPS) is 11.2. The minimum atomic E-state index is -0.493. The molecule has 2 aromatic rings. The van der Waals surface area contributed by atoms with Crippen LogP contribution in [0.25, 0.3) is 0 Å². The van der Waals surface area contributed by atoms with Gasteiger partial charge in [-0.1, -0.05) is 12.1 Å². The molecule has 1 aromatic heterocycles. The van der Waals surface area contributed by atoms with E-state index in [1.54, 1.807) is 12.5 Å². The molecule has 170 valence electrons. The molecule has 0 bridgehead atoms. The van der Waals surface area contributed by atoms with Crippen molar-refractivity contribution in [3.05, 3.63) is 48.5 Å². The van der Waals surface area contributed by atoms with Gasteiger partial charge in [0.05, 0.1) is 25.0 Å². The number of nitrogens with one attached hydrogen (secondary N) is 1. The minimum Gasteiger partial charge on any atom is -0.494 e. The third kappa shape index (κ3) is 9.24. The Bertz CT molecular complexity index is 786. The van der Waals surface area contributed by atoms with Crippen LogP contribution >= 0.6 is 0 Å². The van der Waals surface area contributed by atoms with E-state index in [0.29, 0.717) is 32.6 Å². The highest BCUT2D eigenvalue weighted by atomic mass is 16.5. The molecule has 1 aromatic carbocycles. The van der Waals surface area contributed by atoms with E-state index in [1.807, 2.05) is 55.8 Å². The Morgan fingerprint density at radius 3 is 2.61 bits per heavy atom. The van der Waals surface area contributed by atoms with Crippen molar-refractivity contribution in [2.24, 2.45) is 5.41 Å². The van der Waals surface area contributed by atoms with Gasteiger partial charge in [0.2, 0.25) is 5.91 Å². The second kappa shape index (κ2) is 12.8. The predicted molar refractivity (Wildman–Crippen MR) is 120 cm³/mol. The number of aromatic nitrogens is 2. The number of benzene rings is 1. The van der Waals surface area contributed by atoms with Crippen LogP contribution in [0.5, 0.6) is 5.75 Å². The summed E-state index contributed by atoms with van der Waals surface area (Å²) in [5.74, 6) is 0.719. The fourth-order valence-electron chi connectivity index (χ4n) is 3.16. The average Bonchev–Trinajstić information content (AvgIpc) is 3.26. The molecule has 0 aliphatic carbocycles. The summed E-state index contributed by atoms with van der Waals surface area (Å²) in [6.07, 6.45) is 8.98. The number of imidazole rings is 1. The number of hydrogen-bond acceptors (Lipinski definition) is 5. The average molecular weight is 430 g/mol. The van der Waals surface area contributed by atoms with Gasteiger partial charge in [-0.2, -0.15) is 0 Å². The molecule has 0 radical (unpaired) electrons. The van der Waals surface area contributed by atoms with E-state index in [-0.39, 0.29) is 11.9 Å². The summed E-state index contributed by atoms with van der Waals surface area (Å²) in [4.78, 5) is 27.8. The third-order valence-electron chi connectivity index (χ3n) is 5.08. The Morgan fingerprint density at radius 1 is 1.16 bits per heavy atom. The fraction of sp³-hybridized carbons (Fsp3) is 0.542. The summed E-state index contributed by atoms with van der Waals surface area (Å²) in [5, 5.41) is 2.97. The summed E-state index contributed by atoms with van der Waals surface area (Å²) in [6, 6.07) is 7.92. The summed E-state index contributed by atoms with van der Waals surface area (Å²) in [6.45, 7) is 8.00. The Kier molecular flexibility index (Phi) is 10.1. The van der Waals surface area contributed by atoms with E-state index in [0.717, 1.165) is 37.1 Å². The van der Waals surface area contributed by atoms with Gasteiger partial charge in [-0.25, -0.2) is 4.98 Å². The second-order valence-corrected chi connectivity index (χ2v) is 8.20. The molecule has 0 fully saturated rings. The first-order valence-corrected chi connectivity index (χ1v) is 11.0. The topological polar surface area (TPSA) is 82.5 Å². The summed E-state index contributed by atoms with van der Waals surface area (Å²) in [5.41, 5.74) is 0.655. The number of ether oxygens (including phenoxy) is 2. The largest absolute Gasteiger partial charge is 0.494 e. The van der Waals surface area contributed by atoms with Crippen molar-refractivity contribution < 1.29 is 19.1 Å². The van der Waals surface area contributed by atoms with Crippen molar-refractivity contribution in [1.29, 1.82) is 0 Å². The fourth-order valence-corrected chi connectivity index (χ4v) is 3.16. The van der Waals surface area contributed by atoms with E-state index in [2.05, 4.69) is 10.3 Å². The van der Waals surface area contributed by atoms with Gasteiger partial charge in [0.25, 0.3) is 0 Å². The van der Waals surface area contributed by atoms with Crippen molar-refractivity contribution in [2.45, 2.75) is 59.4 Å². The van der Waals surface area contributed by atoms with Gasteiger partial charge in [0.15, 0.2) is 0 Å². The van der Waals surface area contributed by atoms with Crippen LogP contribution in [-0.2, 0) is 27.3 Å². The van der Waals surface area contributed by atoms with Crippen LogP contribution in [0.4, 0.5) is 0 Å². The SMILES string of the molecule is CCOC(=O)C(C)(C)CCCOc1ccc(CCNC(=O)CCCn2ccnc2)cc1. The molecule has 7 nitrogen and oxygen atoms in total. The highest BCUT2D eigenvalue weighted by molar-refractivity contribution is 5.76. The van der Waals surface area contributed by atoms with Crippen molar-refractivity contribution in [3.63, 3.8) is 0 Å². The molecule has 2 rings (SSSR count). The molecule has 0 saturated carbocycles. The number of hydrogen-bond donors (Lipinski definition) is 1. The van der Waals surface area contributed by atoms with E-state index in [4.69, 9.17) is 9.47 Å². The lowest BCUT2D eigenvalue weighted by Crippen LogP contribution is -2.27. The van der Waals surface area contributed by atoms with Crippen LogP contribution < -0.4 is 10.1 Å². The number of esters is 1. The van der Waals surface area contributed by atoms with E-state index < -0.39 is 5.41 Å². The maximum Gasteiger partial charge on any atom is 0.311 e. The number of amides is 1. The number of rotatable bonds is 14. The molecule has 0 unspecified atom stereocenters. The monoisotopic (exact) mass is 429 g/mol. The van der Waals surface area contributed by atoms with Crippen LogP contribution in [-0.4, -0.2) is 41.2 Å². The number of carbonyl (C=O) groups excluding carboxylic acids is 2. The van der Waals surface area contributed by atoms with Crippen LogP contribution in [0.3, 0.4) is 0 Å². The van der Waals surface area contributed by atoms with Gasteiger partial charge in [0.1, 0.15) is 5.75 Å². The van der Waals surface area contributed by atoms with Crippen molar-refractivity contribution >= 4 is 11.9 Å². The zero-order valence-electron chi connectivity index (χ0n) is 18.9. The van der Waals surface area contributed by atoms with Crippen molar-refractivity contribution in [2.75, 3.05) is 19.8 Å². The molecule has 7 heteroatoms. The zero-order chi connectivity index (χ0) is 22.5. The standard InChI is InChI=1S/C24H35N3O4/c1-4-30-23(29)24(2,3)13-6-18-31-21-10-8-20(9-11-21)12-14-26-22(28)7-5-16-27-17-15-25-19-27/h8-11,15,17,19H,4-7,12-14,16,18H2,1-3H3,(H,26,28). The molecule has 1 N–H and O–H groups in total. The lowest BCUT2D eigenvalue weighted by atomic mass is 9.88. The zero-order valence-corrected chi connectivity index (χ0v) is 18.9. The van der Waals surface area contributed by atoms with Gasteiger partial charge in [-0.15, -0.1) is 0 Å². The van der Waals surface area contributed by atoms with Crippen LogP contribution in [0.15, 0.2) is 43.0 Å². The first-order valence-electron chi connectivity index (χ1n) is 11.0. The molecule has 0 aliphatic heterocycles. The van der Waals surface area contributed by atoms with E-state index in [9.17, 15) is 9.59 Å². The maximum atomic E-state index is 11.9. The number of nitrogens with zero attached hydrogens (tertiary/aromatic N) is 2. The van der Waals surface area contributed by atoms with Crippen LogP contribution in [0, 0.1) is 5.41 Å². The molecule has 0 aliphatic rings. The predicted octanol–water partition coefficient (Wildman–Crippen LogP) is 3.77. The molecule has 31 heavy (non-hydrogen) atoms. The van der Waals surface area contributed by atoms with E-state index >= 15 is 0 Å². The molecular formula is C24H35N3O4. The highest BCUT2D eigenvalue weighted by Crippen LogP contribution is 2.24. The highest BCUT2D eigenvalue weighted by Gasteiger charge is 2.28. The van der Waals surface area contributed by atoms with Crippen molar-refractivity contribution in [3.8, 4) is 5.75 Å². The Hall–Kier alpha value is -2.83. The summed E-state index contributed by atoms with van der Waals surface area (Å²) in [7, 11) is 0. The van der Waals surface area contributed by atoms with Gasteiger partial charge >= 0.3 is 5.97 Å². The maximum absolute atomic E-state index is 11.9. The number of aryl methyl sites for hydroxylation is 1. The first kappa shape index (κ1) is 24.4. The smallest absolute Gasteiger partial charge is 0.311 e.